The van der Waals surface area contributed by atoms with Crippen LogP contribution in [0.25, 0.3) is 0 Å². The number of unbranched alkanes of at least 4 members (excludes halogenated alkanes) is 15. The summed E-state index contributed by atoms with van der Waals surface area (Å²) in [6, 6.07) is 10.9. The first-order chi connectivity index (χ1) is 15.5. The molecule has 0 fully saturated rings. The molecule has 192 valence electrons. The zero-order valence-corrected chi connectivity index (χ0v) is 24.3. The lowest BCUT2D eigenvalue weighted by atomic mass is 10.0. The molecule has 0 unspecified atom stereocenters. The van der Waals surface area contributed by atoms with E-state index in [-0.39, 0.29) is 17.0 Å². The van der Waals surface area contributed by atoms with Crippen LogP contribution < -0.4 is 17.0 Å². The van der Waals surface area contributed by atoms with Crippen LogP contribution in [0.1, 0.15) is 129 Å². The van der Waals surface area contributed by atoms with Gasteiger partial charge in [0.1, 0.15) is 6.54 Å². The van der Waals surface area contributed by atoms with Gasteiger partial charge in [0.05, 0.1) is 20.6 Å². The van der Waals surface area contributed by atoms with E-state index in [9.17, 15) is 0 Å². The van der Waals surface area contributed by atoms with Gasteiger partial charge in [-0.2, -0.15) is 0 Å². The van der Waals surface area contributed by atoms with Crippen molar-refractivity contribution < 1.29 is 21.5 Å². The van der Waals surface area contributed by atoms with E-state index in [4.69, 9.17) is 0 Å². The van der Waals surface area contributed by atoms with Crippen LogP contribution in [0, 0.1) is 0 Å². The highest BCUT2D eigenvalue weighted by Gasteiger charge is 2.13. The third-order valence-electron chi connectivity index (χ3n) is 6.81. The van der Waals surface area contributed by atoms with Crippen molar-refractivity contribution in [2.75, 3.05) is 20.6 Å². The number of hydrogen-bond donors (Lipinski definition) is 0. The summed E-state index contributed by atoms with van der Waals surface area (Å²) in [5, 5.41) is 0. The van der Waals surface area contributed by atoms with Gasteiger partial charge in [-0.3, -0.25) is 0 Å². The van der Waals surface area contributed by atoms with Crippen molar-refractivity contribution >= 4 is 0 Å². The fourth-order valence-electron chi connectivity index (χ4n) is 4.60. The second kappa shape index (κ2) is 21.9. The summed E-state index contributed by atoms with van der Waals surface area (Å²) in [6.45, 7) is 6.85. The highest BCUT2D eigenvalue weighted by atomic mass is 79.9. The number of quaternary nitrogens is 1. The van der Waals surface area contributed by atoms with Crippen LogP contribution in [0.4, 0.5) is 0 Å². The molecule has 0 heterocycles. The first kappa shape index (κ1) is 32.4. The van der Waals surface area contributed by atoms with E-state index < -0.39 is 0 Å². The van der Waals surface area contributed by atoms with Crippen molar-refractivity contribution in [2.45, 2.75) is 130 Å². The summed E-state index contributed by atoms with van der Waals surface area (Å²) in [5.41, 5.74) is 3.01. The first-order valence-electron chi connectivity index (χ1n) is 14.0. The minimum absolute atomic E-state index is 0. The Hall–Kier alpha value is -0.600. The van der Waals surface area contributed by atoms with Gasteiger partial charge in [-0.25, -0.2) is 0 Å². The summed E-state index contributed by atoms with van der Waals surface area (Å²) < 4.78 is 1.03. The Morgan fingerprint density at radius 1 is 0.667 bits per heavy atom. The van der Waals surface area contributed by atoms with Crippen molar-refractivity contribution in [3.05, 3.63) is 47.5 Å². The summed E-state index contributed by atoms with van der Waals surface area (Å²) in [6.07, 6.45) is 26.9. The maximum atomic E-state index is 2.48. The van der Waals surface area contributed by atoms with Crippen LogP contribution in [0.2, 0.25) is 0 Å². The molecule has 0 amide bonds. The minimum Gasteiger partial charge on any atom is -1.00 e. The predicted molar refractivity (Wildman–Crippen MR) is 145 cm³/mol. The van der Waals surface area contributed by atoms with E-state index in [0.717, 1.165) is 17.6 Å². The first-order valence-corrected chi connectivity index (χ1v) is 14.0. The molecule has 1 aromatic rings. The maximum Gasteiger partial charge on any atom is 0.104 e. The van der Waals surface area contributed by atoms with Gasteiger partial charge in [0.2, 0.25) is 0 Å². The Morgan fingerprint density at radius 3 is 1.55 bits per heavy atom. The third kappa shape index (κ3) is 20.5. The fourth-order valence-corrected chi connectivity index (χ4v) is 4.60. The van der Waals surface area contributed by atoms with Gasteiger partial charge in [-0.1, -0.05) is 139 Å². The van der Waals surface area contributed by atoms with Crippen molar-refractivity contribution in [3.63, 3.8) is 0 Å². The Morgan fingerprint density at radius 2 is 1.09 bits per heavy atom. The fraction of sp³-hybridized carbons (Fsp3) is 0.742. The van der Waals surface area contributed by atoms with E-state index in [1.807, 2.05) is 0 Å². The van der Waals surface area contributed by atoms with Crippen molar-refractivity contribution in [1.29, 1.82) is 0 Å². The monoisotopic (exact) mass is 521 g/mol. The summed E-state index contributed by atoms with van der Waals surface area (Å²) in [7, 11) is 4.68. The van der Waals surface area contributed by atoms with Crippen LogP contribution >= 0.6 is 0 Å². The number of nitrogens with zero attached hydrogens (tertiary/aromatic N) is 1. The molecule has 1 nitrogen and oxygen atoms in total. The Kier molecular flexibility index (Phi) is 21.5. The molecule has 0 saturated heterocycles. The number of rotatable bonds is 21. The van der Waals surface area contributed by atoms with Crippen LogP contribution in [0.3, 0.4) is 0 Å². The smallest absolute Gasteiger partial charge is 0.104 e. The Labute approximate surface area is 218 Å². The molecule has 0 bridgehead atoms. The highest BCUT2D eigenvalue weighted by Crippen LogP contribution is 2.16. The van der Waals surface area contributed by atoms with Crippen LogP contribution in [-0.2, 0) is 6.54 Å². The standard InChI is InChI=1S/C31H56N.BrH/c1-5-6-7-8-9-10-11-12-13-14-15-16-17-18-19-21-24-30(2)27-28-32(3,4)29-31-25-22-20-23-26-31;/h20,22-23,25-27H,5-19,21,24,28-29H2,1-4H3;1H/q+1;/p-1. The largest absolute Gasteiger partial charge is 1.00 e. The van der Waals surface area contributed by atoms with Crippen molar-refractivity contribution in [1.82, 2.24) is 0 Å². The third-order valence-corrected chi connectivity index (χ3v) is 6.81. The van der Waals surface area contributed by atoms with E-state index in [1.54, 1.807) is 5.57 Å². The summed E-state index contributed by atoms with van der Waals surface area (Å²) in [5.74, 6) is 0. The zero-order chi connectivity index (χ0) is 23.3. The molecule has 0 aromatic heterocycles. The Balaban J connectivity index is 0.0000102. The number of benzene rings is 1. The summed E-state index contributed by atoms with van der Waals surface area (Å²) >= 11 is 0. The Bertz CT molecular complexity index is 564. The average Bonchev–Trinajstić information content (AvgIpc) is 2.78. The van der Waals surface area contributed by atoms with Crippen LogP contribution in [0.15, 0.2) is 42.0 Å². The topological polar surface area (TPSA) is 0 Å². The number of likely N-dealkylation sites (N-methyl/N-ethyl adjacent to an activating group) is 1. The average molecular weight is 523 g/mol. The lowest BCUT2D eigenvalue weighted by molar-refractivity contribution is -0.898. The second-order valence-electron chi connectivity index (χ2n) is 10.9. The molecule has 0 aliphatic heterocycles. The molecule has 0 aliphatic carbocycles. The number of allylic oxidation sites excluding steroid dienone is 1. The molecule has 0 saturated carbocycles. The lowest BCUT2D eigenvalue weighted by Crippen LogP contribution is -3.00. The lowest BCUT2D eigenvalue weighted by Gasteiger charge is -2.29. The van der Waals surface area contributed by atoms with Gasteiger partial charge in [0, 0.05) is 5.56 Å². The molecule has 0 radical (unpaired) electrons. The van der Waals surface area contributed by atoms with Gasteiger partial charge >= 0.3 is 0 Å². The molecule has 0 atom stereocenters. The van der Waals surface area contributed by atoms with Gasteiger partial charge < -0.3 is 21.5 Å². The molecular weight excluding hydrogens is 466 g/mol. The molecule has 1 rings (SSSR count). The van der Waals surface area contributed by atoms with Crippen LogP contribution in [-0.4, -0.2) is 25.1 Å². The number of halogens is 1. The molecule has 1 aromatic carbocycles. The molecule has 0 spiro atoms. The normalized spacial score (nSPS) is 12.1. The van der Waals surface area contributed by atoms with Gasteiger partial charge in [0.15, 0.2) is 0 Å². The van der Waals surface area contributed by atoms with E-state index in [0.29, 0.717) is 0 Å². The van der Waals surface area contributed by atoms with Gasteiger partial charge in [-0.05, 0) is 25.8 Å². The van der Waals surface area contributed by atoms with Gasteiger partial charge in [-0.15, -0.1) is 0 Å². The van der Waals surface area contributed by atoms with E-state index in [1.165, 1.54) is 115 Å². The van der Waals surface area contributed by atoms with Gasteiger partial charge in [0.25, 0.3) is 0 Å². The summed E-state index contributed by atoms with van der Waals surface area (Å²) in [4.78, 5) is 0. The minimum atomic E-state index is 0. The van der Waals surface area contributed by atoms with Crippen molar-refractivity contribution in [3.8, 4) is 0 Å². The molecule has 0 N–H and O–H groups in total. The molecule has 0 aliphatic rings. The number of hydrogen-bond acceptors (Lipinski definition) is 0. The quantitative estimate of drug-likeness (QED) is 0.0940. The molecule has 33 heavy (non-hydrogen) atoms. The highest BCUT2D eigenvalue weighted by molar-refractivity contribution is 5.13. The van der Waals surface area contributed by atoms with Crippen LogP contribution in [0.5, 0.6) is 0 Å². The van der Waals surface area contributed by atoms with Crippen molar-refractivity contribution in [2.24, 2.45) is 0 Å². The van der Waals surface area contributed by atoms with E-state index in [2.05, 4.69) is 64.4 Å². The molecule has 2 heteroatoms. The second-order valence-corrected chi connectivity index (χ2v) is 10.9. The SMILES string of the molecule is CCCCCCCCCCCCCCCCCCC(C)=CC[N+](C)(C)Cc1ccccc1.[Br-]. The molecular formula is C31H56BrN. The predicted octanol–water partition coefficient (Wildman–Crippen LogP) is 6.86. The maximum absolute atomic E-state index is 2.48. The zero-order valence-electron chi connectivity index (χ0n) is 22.7. The van der Waals surface area contributed by atoms with E-state index >= 15 is 0 Å².